The second-order valence-corrected chi connectivity index (χ2v) is 13.7. The fourth-order valence-corrected chi connectivity index (χ4v) is 7.13. The van der Waals surface area contributed by atoms with Gasteiger partial charge in [0.1, 0.15) is 11.9 Å². The Morgan fingerprint density at radius 1 is 0.791 bits per heavy atom. The zero-order chi connectivity index (χ0) is 30.7. The van der Waals surface area contributed by atoms with E-state index in [2.05, 4.69) is 6.92 Å². The molecule has 43 heavy (non-hydrogen) atoms. The third-order valence-electron chi connectivity index (χ3n) is 9.80. The average Bonchev–Trinajstić information content (AvgIpc) is 3.74. The Morgan fingerprint density at radius 3 is 2.07 bits per heavy atom. The van der Waals surface area contributed by atoms with Gasteiger partial charge in [-0.3, -0.25) is 4.79 Å². The minimum absolute atomic E-state index is 0.0385. The molecule has 248 valence electrons. The van der Waals surface area contributed by atoms with E-state index in [0.29, 0.717) is 31.1 Å². The van der Waals surface area contributed by atoms with E-state index >= 15 is 0 Å². The SMILES string of the molecule is CCCCCCC(=O)CCCC(O)C1CCC(C2CCC(CCCCCCCCCCCCCC3=CC(C)OC3=O)O2)O1. The van der Waals surface area contributed by atoms with Crippen LogP contribution in [0.1, 0.15) is 174 Å². The van der Waals surface area contributed by atoms with Crippen molar-refractivity contribution in [3.8, 4) is 0 Å². The fraction of sp³-hybridized carbons (Fsp3) is 0.892. The molecular weight excluding hydrogens is 540 g/mol. The van der Waals surface area contributed by atoms with Gasteiger partial charge in [-0.05, 0) is 77.2 Å². The van der Waals surface area contributed by atoms with Crippen LogP contribution in [0.5, 0.6) is 0 Å². The number of hydrogen-bond acceptors (Lipinski definition) is 6. The summed E-state index contributed by atoms with van der Waals surface area (Å²) in [4.78, 5) is 23.7. The highest BCUT2D eigenvalue weighted by Gasteiger charge is 2.39. The summed E-state index contributed by atoms with van der Waals surface area (Å²) in [6.45, 7) is 4.11. The van der Waals surface area contributed by atoms with Gasteiger partial charge in [0.05, 0.1) is 30.5 Å². The number of hydrogen-bond donors (Lipinski definition) is 1. The van der Waals surface area contributed by atoms with Crippen molar-refractivity contribution in [3.05, 3.63) is 11.6 Å². The number of carbonyl (C=O) groups excluding carboxylic acids is 2. The van der Waals surface area contributed by atoms with Crippen molar-refractivity contribution in [1.82, 2.24) is 0 Å². The lowest BCUT2D eigenvalue weighted by Gasteiger charge is -2.23. The lowest BCUT2D eigenvalue weighted by Crippen LogP contribution is -2.31. The maximum atomic E-state index is 12.1. The molecule has 2 fully saturated rings. The van der Waals surface area contributed by atoms with Gasteiger partial charge in [0.15, 0.2) is 0 Å². The van der Waals surface area contributed by atoms with Crippen LogP contribution >= 0.6 is 0 Å². The lowest BCUT2D eigenvalue weighted by atomic mass is 10.0. The second kappa shape index (κ2) is 21.5. The maximum absolute atomic E-state index is 12.1. The number of cyclic esters (lactones) is 1. The van der Waals surface area contributed by atoms with Crippen molar-refractivity contribution in [2.24, 2.45) is 0 Å². The predicted molar refractivity (Wildman–Crippen MR) is 173 cm³/mol. The Morgan fingerprint density at radius 2 is 1.40 bits per heavy atom. The van der Waals surface area contributed by atoms with Crippen molar-refractivity contribution in [1.29, 1.82) is 0 Å². The zero-order valence-electron chi connectivity index (χ0n) is 27.7. The number of ketones is 1. The molecule has 3 aliphatic heterocycles. The highest BCUT2D eigenvalue weighted by atomic mass is 16.6. The van der Waals surface area contributed by atoms with Crippen LogP contribution in [-0.4, -0.2) is 53.5 Å². The molecular formula is C37H64O6. The second-order valence-electron chi connectivity index (χ2n) is 13.7. The van der Waals surface area contributed by atoms with Gasteiger partial charge < -0.3 is 19.3 Å². The number of ether oxygens (including phenoxy) is 3. The third kappa shape index (κ3) is 14.6. The normalized spacial score (nSPS) is 26.2. The molecule has 2 saturated heterocycles. The van der Waals surface area contributed by atoms with E-state index in [1.165, 1.54) is 77.0 Å². The molecule has 3 rings (SSSR count). The van der Waals surface area contributed by atoms with Gasteiger partial charge in [-0.1, -0.05) is 90.4 Å². The highest BCUT2D eigenvalue weighted by molar-refractivity contribution is 5.90. The third-order valence-corrected chi connectivity index (χ3v) is 9.80. The van der Waals surface area contributed by atoms with Crippen LogP contribution in [0, 0.1) is 0 Å². The Labute approximate surface area is 263 Å². The first-order valence-corrected chi connectivity index (χ1v) is 18.4. The summed E-state index contributed by atoms with van der Waals surface area (Å²) in [6, 6.07) is 0. The van der Waals surface area contributed by atoms with Crippen LogP contribution in [-0.2, 0) is 23.8 Å². The van der Waals surface area contributed by atoms with Gasteiger partial charge in [0.2, 0.25) is 0 Å². The van der Waals surface area contributed by atoms with Crippen molar-refractivity contribution < 1.29 is 28.9 Å². The molecule has 1 N–H and O–H groups in total. The van der Waals surface area contributed by atoms with Crippen LogP contribution in [0.3, 0.4) is 0 Å². The smallest absolute Gasteiger partial charge is 0.334 e. The molecule has 0 spiro atoms. The minimum Gasteiger partial charge on any atom is -0.455 e. The van der Waals surface area contributed by atoms with Crippen LogP contribution < -0.4 is 0 Å². The summed E-state index contributed by atoms with van der Waals surface area (Å²) in [5, 5.41) is 10.7. The van der Waals surface area contributed by atoms with E-state index in [9.17, 15) is 14.7 Å². The molecule has 6 atom stereocenters. The molecule has 6 heteroatoms. The summed E-state index contributed by atoms with van der Waals surface area (Å²) >= 11 is 0. The summed E-state index contributed by atoms with van der Waals surface area (Å²) in [5.41, 5.74) is 0.879. The van der Waals surface area contributed by atoms with Crippen LogP contribution in [0.25, 0.3) is 0 Å². The monoisotopic (exact) mass is 604 g/mol. The minimum atomic E-state index is -0.465. The van der Waals surface area contributed by atoms with E-state index in [1.54, 1.807) is 0 Å². The average molecular weight is 605 g/mol. The summed E-state index contributed by atoms with van der Waals surface area (Å²) in [7, 11) is 0. The van der Waals surface area contributed by atoms with Gasteiger partial charge in [0, 0.05) is 18.4 Å². The number of Topliss-reactive ketones (excluding diaryl/α,β-unsaturated/α-hetero) is 1. The molecule has 0 bridgehead atoms. The van der Waals surface area contributed by atoms with E-state index in [4.69, 9.17) is 14.2 Å². The fourth-order valence-electron chi connectivity index (χ4n) is 7.13. The van der Waals surface area contributed by atoms with Gasteiger partial charge in [-0.2, -0.15) is 0 Å². The lowest BCUT2D eigenvalue weighted by molar-refractivity contribution is -0.139. The van der Waals surface area contributed by atoms with Gasteiger partial charge in [-0.25, -0.2) is 4.79 Å². The first-order chi connectivity index (χ1) is 21.0. The summed E-state index contributed by atoms with van der Waals surface area (Å²) in [6.07, 6.45) is 29.6. The number of unbranched alkanes of at least 4 members (excludes halogenated alkanes) is 13. The van der Waals surface area contributed by atoms with Crippen LogP contribution in [0.15, 0.2) is 11.6 Å². The van der Waals surface area contributed by atoms with E-state index in [0.717, 1.165) is 69.8 Å². The number of esters is 1. The summed E-state index contributed by atoms with van der Waals surface area (Å²) in [5.74, 6) is 0.235. The van der Waals surface area contributed by atoms with E-state index in [-0.39, 0.29) is 30.4 Å². The molecule has 6 unspecified atom stereocenters. The van der Waals surface area contributed by atoms with E-state index in [1.807, 2.05) is 13.0 Å². The Kier molecular flexibility index (Phi) is 18.1. The zero-order valence-corrected chi connectivity index (χ0v) is 27.7. The van der Waals surface area contributed by atoms with Gasteiger partial charge in [-0.15, -0.1) is 0 Å². The Balaban J connectivity index is 1.10. The number of aliphatic hydroxyl groups is 1. The van der Waals surface area contributed by atoms with Crippen molar-refractivity contribution >= 4 is 11.8 Å². The molecule has 0 aromatic heterocycles. The molecule has 0 aromatic rings. The Hall–Kier alpha value is -1.24. The van der Waals surface area contributed by atoms with Crippen molar-refractivity contribution in [2.75, 3.05) is 0 Å². The Bertz CT molecular complexity index is 809. The van der Waals surface area contributed by atoms with Crippen molar-refractivity contribution in [3.63, 3.8) is 0 Å². The summed E-state index contributed by atoms with van der Waals surface area (Å²) < 4.78 is 17.8. The largest absolute Gasteiger partial charge is 0.455 e. The van der Waals surface area contributed by atoms with E-state index < -0.39 is 6.10 Å². The molecule has 0 aliphatic carbocycles. The molecule has 3 heterocycles. The highest BCUT2D eigenvalue weighted by Crippen LogP contribution is 2.34. The van der Waals surface area contributed by atoms with Gasteiger partial charge in [0.25, 0.3) is 0 Å². The molecule has 0 saturated carbocycles. The van der Waals surface area contributed by atoms with Gasteiger partial charge >= 0.3 is 5.97 Å². The molecule has 6 nitrogen and oxygen atoms in total. The molecule has 0 aromatic carbocycles. The quantitative estimate of drug-likeness (QED) is 0.0827. The number of rotatable bonds is 25. The first-order valence-electron chi connectivity index (χ1n) is 18.4. The first kappa shape index (κ1) is 36.2. The molecule has 3 aliphatic rings. The predicted octanol–water partition coefficient (Wildman–Crippen LogP) is 9.10. The topological polar surface area (TPSA) is 82.1 Å². The van der Waals surface area contributed by atoms with Crippen LogP contribution in [0.4, 0.5) is 0 Å². The molecule has 0 radical (unpaired) electrons. The number of carbonyl (C=O) groups is 2. The standard InChI is InChI=1S/C37H64O6/c1-3-4-5-16-20-31(38)21-18-23-33(39)34-26-27-36(43-34)35-25-24-32(42-35)22-17-14-12-10-8-6-7-9-11-13-15-19-30-28-29(2)41-37(30)40/h28-29,32-36,39H,3-27H2,1-2H3. The molecule has 0 amide bonds. The van der Waals surface area contributed by atoms with Crippen molar-refractivity contribution in [2.45, 2.75) is 211 Å². The maximum Gasteiger partial charge on any atom is 0.334 e. The van der Waals surface area contributed by atoms with Crippen LogP contribution in [0.2, 0.25) is 0 Å². The number of aliphatic hydroxyl groups excluding tert-OH is 1.